The van der Waals surface area contributed by atoms with E-state index in [9.17, 15) is 0 Å². The molecule has 2 saturated heterocycles. The van der Waals surface area contributed by atoms with Gasteiger partial charge in [-0.1, -0.05) is 6.42 Å². The third kappa shape index (κ3) is 2.93. The number of ether oxygens (including phenoxy) is 1. The maximum atomic E-state index is 5.63. The molecular weight excluding hydrogens is 164 g/mol. The molecular formula is C10H20N2O. The highest BCUT2D eigenvalue weighted by Gasteiger charge is 2.19. The number of piperidine rings is 1. The van der Waals surface area contributed by atoms with Crippen molar-refractivity contribution in [3.05, 3.63) is 0 Å². The van der Waals surface area contributed by atoms with Crippen molar-refractivity contribution in [1.29, 1.82) is 0 Å². The summed E-state index contributed by atoms with van der Waals surface area (Å²) in [6, 6.07) is 0.685. The number of hydrogen-bond donors (Lipinski definition) is 2. The molecule has 0 aromatic rings. The molecule has 2 rings (SSSR count). The molecule has 0 aromatic heterocycles. The Hall–Kier alpha value is -0.120. The first kappa shape index (κ1) is 9.44. The number of rotatable bonds is 2. The van der Waals surface area contributed by atoms with Crippen LogP contribution in [0, 0.1) is 0 Å². The third-order valence-corrected chi connectivity index (χ3v) is 2.92. The molecule has 2 fully saturated rings. The number of hydrogen-bond acceptors (Lipinski definition) is 3. The summed E-state index contributed by atoms with van der Waals surface area (Å²) in [4.78, 5) is 0. The van der Waals surface area contributed by atoms with Gasteiger partial charge < -0.3 is 10.1 Å². The van der Waals surface area contributed by atoms with Crippen LogP contribution in [0.2, 0.25) is 0 Å². The molecule has 2 heterocycles. The van der Waals surface area contributed by atoms with Gasteiger partial charge in [0, 0.05) is 19.1 Å². The van der Waals surface area contributed by atoms with Crippen LogP contribution in [0.4, 0.5) is 0 Å². The number of nitrogens with one attached hydrogen (secondary N) is 2. The zero-order valence-corrected chi connectivity index (χ0v) is 8.22. The standard InChI is InChI=1S/C10H20N2O/c1-2-5-11-9(4-1)8-10-12-6-3-7-13-10/h9-12H,1-8H2. The van der Waals surface area contributed by atoms with Gasteiger partial charge in [-0.2, -0.15) is 0 Å². The van der Waals surface area contributed by atoms with Crippen LogP contribution < -0.4 is 10.6 Å². The molecule has 2 N–H and O–H groups in total. The Morgan fingerprint density at radius 1 is 1.08 bits per heavy atom. The summed E-state index contributed by atoms with van der Waals surface area (Å²) >= 11 is 0. The minimum atomic E-state index is 0.310. The topological polar surface area (TPSA) is 33.3 Å². The van der Waals surface area contributed by atoms with Gasteiger partial charge in [0.2, 0.25) is 0 Å². The molecule has 0 aliphatic carbocycles. The molecule has 0 saturated carbocycles. The van der Waals surface area contributed by atoms with Gasteiger partial charge in [-0.25, -0.2) is 0 Å². The summed E-state index contributed by atoms with van der Waals surface area (Å²) in [7, 11) is 0. The average Bonchev–Trinajstić information content (AvgIpc) is 2.21. The normalized spacial score (nSPS) is 36.0. The lowest BCUT2D eigenvalue weighted by molar-refractivity contribution is -0.0110. The van der Waals surface area contributed by atoms with Gasteiger partial charge in [0.15, 0.2) is 0 Å². The van der Waals surface area contributed by atoms with Gasteiger partial charge in [-0.05, 0) is 32.4 Å². The molecule has 0 radical (unpaired) electrons. The van der Waals surface area contributed by atoms with Crippen LogP contribution in [-0.4, -0.2) is 32.0 Å². The van der Waals surface area contributed by atoms with Gasteiger partial charge in [0.05, 0.1) is 0 Å². The summed E-state index contributed by atoms with van der Waals surface area (Å²) in [5.74, 6) is 0. The van der Waals surface area contributed by atoms with Crippen molar-refractivity contribution in [2.24, 2.45) is 0 Å². The predicted octanol–water partition coefficient (Wildman–Crippen LogP) is 0.855. The second-order valence-electron chi connectivity index (χ2n) is 4.05. The van der Waals surface area contributed by atoms with E-state index < -0.39 is 0 Å². The van der Waals surface area contributed by atoms with E-state index >= 15 is 0 Å². The fourth-order valence-corrected chi connectivity index (χ4v) is 2.15. The summed E-state index contributed by atoms with van der Waals surface area (Å²) in [6.07, 6.45) is 6.65. The van der Waals surface area contributed by atoms with Crippen LogP contribution in [0.3, 0.4) is 0 Å². The molecule has 76 valence electrons. The molecule has 3 heteroatoms. The van der Waals surface area contributed by atoms with Crippen molar-refractivity contribution < 1.29 is 4.74 Å². The Kier molecular flexibility index (Phi) is 3.58. The zero-order valence-electron chi connectivity index (χ0n) is 8.22. The van der Waals surface area contributed by atoms with E-state index in [0.717, 1.165) is 26.0 Å². The predicted molar refractivity (Wildman–Crippen MR) is 52.6 cm³/mol. The van der Waals surface area contributed by atoms with E-state index in [4.69, 9.17) is 4.74 Å². The van der Waals surface area contributed by atoms with E-state index in [1.54, 1.807) is 0 Å². The van der Waals surface area contributed by atoms with Crippen molar-refractivity contribution in [2.45, 2.75) is 44.4 Å². The summed E-state index contributed by atoms with van der Waals surface area (Å²) < 4.78 is 5.63. The molecule has 0 aromatic carbocycles. The van der Waals surface area contributed by atoms with Crippen molar-refractivity contribution >= 4 is 0 Å². The molecule has 2 unspecified atom stereocenters. The monoisotopic (exact) mass is 184 g/mol. The molecule has 3 nitrogen and oxygen atoms in total. The molecule has 2 aliphatic rings. The molecule has 2 aliphatic heterocycles. The van der Waals surface area contributed by atoms with Gasteiger partial charge >= 0.3 is 0 Å². The van der Waals surface area contributed by atoms with Gasteiger partial charge in [-0.15, -0.1) is 0 Å². The minimum Gasteiger partial charge on any atom is -0.363 e. The van der Waals surface area contributed by atoms with Crippen molar-refractivity contribution in [3.8, 4) is 0 Å². The lowest BCUT2D eigenvalue weighted by Crippen LogP contribution is -2.44. The largest absolute Gasteiger partial charge is 0.363 e. The maximum absolute atomic E-state index is 5.63. The lowest BCUT2D eigenvalue weighted by Gasteiger charge is -2.30. The second-order valence-corrected chi connectivity index (χ2v) is 4.05. The van der Waals surface area contributed by atoms with Crippen LogP contribution in [0.1, 0.15) is 32.1 Å². The van der Waals surface area contributed by atoms with Crippen LogP contribution >= 0.6 is 0 Å². The Balaban J connectivity index is 1.69. The van der Waals surface area contributed by atoms with Crippen LogP contribution in [0.5, 0.6) is 0 Å². The Bertz CT molecular complexity index is 124. The quantitative estimate of drug-likeness (QED) is 0.667. The van der Waals surface area contributed by atoms with Crippen molar-refractivity contribution in [2.75, 3.05) is 19.7 Å². The highest BCUT2D eigenvalue weighted by Crippen LogP contribution is 2.13. The Morgan fingerprint density at radius 3 is 2.69 bits per heavy atom. The highest BCUT2D eigenvalue weighted by molar-refractivity contribution is 4.76. The smallest absolute Gasteiger partial charge is 0.109 e. The van der Waals surface area contributed by atoms with Crippen LogP contribution in [0.25, 0.3) is 0 Å². The van der Waals surface area contributed by atoms with Crippen molar-refractivity contribution in [1.82, 2.24) is 10.6 Å². The van der Waals surface area contributed by atoms with E-state index in [2.05, 4.69) is 10.6 Å². The van der Waals surface area contributed by atoms with Crippen LogP contribution in [-0.2, 0) is 4.74 Å². The highest BCUT2D eigenvalue weighted by atomic mass is 16.5. The Labute approximate surface area is 80.2 Å². The fourth-order valence-electron chi connectivity index (χ4n) is 2.15. The molecule has 0 spiro atoms. The van der Waals surface area contributed by atoms with Crippen LogP contribution in [0.15, 0.2) is 0 Å². The first-order valence-corrected chi connectivity index (χ1v) is 5.53. The molecule has 13 heavy (non-hydrogen) atoms. The maximum Gasteiger partial charge on any atom is 0.109 e. The molecule has 0 amide bonds. The summed E-state index contributed by atoms with van der Waals surface area (Å²) in [6.45, 7) is 3.25. The van der Waals surface area contributed by atoms with E-state index in [0.29, 0.717) is 12.3 Å². The Morgan fingerprint density at radius 2 is 2.00 bits per heavy atom. The van der Waals surface area contributed by atoms with Gasteiger partial charge in [0.1, 0.15) is 6.23 Å². The lowest BCUT2D eigenvalue weighted by atomic mass is 10.0. The van der Waals surface area contributed by atoms with E-state index in [1.165, 1.54) is 25.8 Å². The van der Waals surface area contributed by atoms with E-state index in [1.807, 2.05) is 0 Å². The molecule has 2 atom stereocenters. The van der Waals surface area contributed by atoms with Gasteiger partial charge in [-0.3, -0.25) is 5.32 Å². The summed E-state index contributed by atoms with van der Waals surface area (Å²) in [5, 5.41) is 6.95. The summed E-state index contributed by atoms with van der Waals surface area (Å²) in [5.41, 5.74) is 0. The second kappa shape index (κ2) is 4.94. The third-order valence-electron chi connectivity index (χ3n) is 2.92. The van der Waals surface area contributed by atoms with Gasteiger partial charge in [0.25, 0.3) is 0 Å². The van der Waals surface area contributed by atoms with Crippen molar-refractivity contribution in [3.63, 3.8) is 0 Å². The fraction of sp³-hybridized carbons (Fsp3) is 1.00. The van der Waals surface area contributed by atoms with E-state index in [-0.39, 0.29) is 0 Å². The first-order chi connectivity index (χ1) is 6.45. The average molecular weight is 184 g/mol. The zero-order chi connectivity index (χ0) is 8.93. The first-order valence-electron chi connectivity index (χ1n) is 5.53. The minimum absolute atomic E-state index is 0.310. The SMILES string of the molecule is C1CCC(CC2NCCCO2)NC1. The molecule has 0 bridgehead atoms.